The quantitative estimate of drug-likeness (QED) is 0.732. The van der Waals surface area contributed by atoms with Crippen molar-refractivity contribution >= 4 is 5.97 Å². The molecule has 0 amide bonds. The Morgan fingerprint density at radius 1 is 1.19 bits per heavy atom. The third-order valence-electron chi connectivity index (χ3n) is 2.40. The highest BCUT2D eigenvalue weighted by Crippen LogP contribution is 2.29. The van der Waals surface area contributed by atoms with Crippen LogP contribution in [0.25, 0.3) is 0 Å². The van der Waals surface area contributed by atoms with Gasteiger partial charge in [-0.1, -0.05) is 27.7 Å². The number of furan rings is 1. The average molecular weight is 224 g/mol. The molecule has 0 aliphatic rings. The molecule has 0 bridgehead atoms. The fourth-order valence-electron chi connectivity index (χ4n) is 1.53. The first-order valence-electron chi connectivity index (χ1n) is 5.68. The molecule has 1 heterocycles. The van der Waals surface area contributed by atoms with Crippen molar-refractivity contribution in [3.63, 3.8) is 0 Å². The Hall–Kier alpha value is -1.25. The van der Waals surface area contributed by atoms with Crippen molar-refractivity contribution in [2.45, 2.75) is 46.6 Å². The predicted octanol–water partition coefficient (Wildman–Crippen LogP) is 3.66. The summed E-state index contributed by atoms with van der Waals surface area (Å²) in [5, 5.41) is 0. The van der Waals surface area contributed by atoms with Crippen molar-refractivity contribution < 1.29 is 13.9 Å². The minimum atomic E-state index is -0.287. The van der Waals surface area contributed by atoms with E-state index in [4.69, 9.17) is 9.15 Å². The Balaban J connectivity index is 2.88. The van der Waals surface area contributed by atoms with Gasteiger partial charge in [0.15, 0.2) is 6.10 Å². The highest BCUT2D eigenvalue weighted by molar-refractivity contribution is 5.66. The van der Waals surface area contributed by atoms with Gasteiger partial charge in [0, 0.05) is 12.8 Å². The van der Waals surface area contributed by atoms with Gasteiger partial charge < -0.3 is 9.15 Å². The van der Waals surface area contributed by atoms with Gasteiger partial charge in [-0.25, -0.2) is 0 Å². The zero-order valence-corrected chi connectivity index (χ0v) is 10.6. The molecule has 0 aliphatic carbocycles. The minimum Gasteiger partial charge on any atom is -0.462 e. The van der Waals surface area contributed by atoms with Gasteiger partial charge in [-0.2, -0.15) is 0 Å². The van der Waals surface area contributed by atoms with Crippen molar-refractivity contribution in [3.8, 4) is 0 Å². The Kier molecular flexibility index (Phi) is 4.16. The van der Waals surface area contributed by atoms with Gasteiger partial charge in [-0.15, -0.1) is 0 Å². The lowest BCUT2D eigenvalue weighted by Crippen LogP contribution is -2.13. The molecule has 3 nitrogen and oxygen atoms in total. The van der Waals surface area contributed by atoms with Gasteiger partial charge >= 0.3 is 5.97 Å². The van der Waals surface area contributed by atoms with Crippen LogP contribution >= 0.6 is 0 Å². The van der Waals surface area contributed by atoms with E-state index < -0.39 is 0 Å². The van der Waals surface area contributed by atoms with Crippen LogP contribution in [0.15, 0.2) is 16.5 Å². The maximum Gasteiger partial charge on any atom is 0.303 e. The molecule has 0 aromatic carbocycles. The van der Waals surface area contributed by atoms with Crippen LogP contribution in [0.5, 0.6) is 0 Å². The highest BCUT2D eigenvalue weighted by Gasteiger charge is 2.22. The molecule has 3 heteroatoms. The van der Waals surface area contributed by atoms with Crippen LogP contribution in [0, 0.1) is 5.92 Å². The number of carbonyl (C=O) groups is 1. The van der Waals surface area contributed by atoms with Crippen molar-refractivity contribution in [1.82, 2.24) is 0 Å². The predicted molar refractivity (Wildman–Crippen MR) is 62.1 cm³/mol. The zero-order valence-electron chi connectivity index (χ0n) is 10.6. The molecule has 16 heavy (non-hydrogen) atoms. The van der Waals surface area contributed by atoms with E-state index in [0.717, 1.165) is 11.5 Å². The molecule has 1 aromatic rings. The summed E-state index contributed by atoms with van der Waals surface area (Å²) in [6.45, 7) is 9.57. The third-order valence-corrected chi connectivity index (χ3v) is 2.40. The second-order valence-electron chi connectivity index (χ2n) is 4.67. The van der Waals surface area contributed by atoms with E-state index in [9.17, 15) is 4.79 Å². The molecular weight excluding hydrogens is 204 g/mol. The van der Waals surface area contributed by atoms with Gasteiger partial charge in [0.2, 0.25) is 0 Å². The van der Waals surface area contributed by atoms with Crippen LogP contribution in [0.4, 0.5) is 0 Å². The molecule has 1 rings (SSSR count). The Labute approximate surface area is 96.8 Å². The maximum absolute atomic E-state index is 11.0. The van der Waals surface area contributed by atoms with E-state index in [1.165, 1.54) is 6.92 Å². The Morgan fingerprint density at radius 3 is 2.12 bits per heavy atom. The maximum atomic E-state index is 11.0. The number of carbonyl (C=O) groups excluding carboxylic acids is 1. The monoisotopic (exact) mass is 224 g/mol. The molecule has 0 fully saturated rings. The number of hydrogen-bond acceptors (Lipinski definition) is 3. The highest BCUT2D eigenvalue weighted by atomic mass is 16.6. The number of ether oxygens (including phenoxy) is 1. The summed E-state index contributed by atoms with van der Waals surface area (Å²) in [5.41, 5.74) is 0. The summed E-state index contributed by atoms with van der Waals surface area (Å²) < 4.78 is 11.0. The summed E-state index contributed by atoms with van der Waals surface area (Å²) in [4.78, 5) is 11.0. The van der Waals surface area contributed by atoms with Gasteiger partial charge in [-0.3, -0.25) is 4.79 Å². The second kappa shape index (κ2) is 5.19. The molecule has 0 radical (unpaired) electrons. The molecule has 0 saturated heterocycles. The molecule has 1 atom stereocenters. The van der Waals surface area contributed by atoms with Crippen molar-refractivity contribution in [2.24, 2.45) is 5.92 Å². The zero-order chi connectivity index (χ0) is 12.3. The lowest BCUT2D eigenvalue weighted by Gasteiger charge is -2.18. The first kappa shape index (κ1) is 12.8. The van der Waals surface area contributed by atoms with Crippen molar-refractivity contribution in [2.75, 3.05) is 0 Å². The van der Waals surface area contributed by atoms with Crippen LogP contribution in [-0.2, 0) is 9.53 Å². The lowest BCUT2D eigenvalue weighted by molar-refractivity contribution is -0.150. The number of hydrogen-bond donors (Lipinski definition) is 0. The van der Waals surface area contributed by atoms with Crippen LogP contribution in [-0.4, -0.2) is 5.97 Å². The Morgan fingerprint density at radius 2 is 1.75 bits per heavy atom. The van der Waals surface area contributed by atoms with Gasteiger partial charge in [0.25, 0.3) is 0 Å². The standard InChI is InChI=1S/C13H20O3/c1-8(2)11-6-7-12(16-11)13(9(3)4)15-10(5)14/h6-9,13H,1-5H3/t13-/m0/s1. The van der Waals surface area contributed by atoms with E-state index in [2.05, 4.69) is 13.8 Å². The Bertz CT molecular complexity index is 350. The van der Waals surface area contributed by atoms with E-state index in [-0.39, 0.29) is 18.0 Å². The molecule has 90 valence electrons. The fraction of sp³-hybridized carbons (Fsp3) is 0.615. The topological polar surface area (TPSA) is 39.4 Å². The fourth-order valence-corrected chi connectivity index (χ4v) is 1.53. The lowest BCUT2D eigenvalue weighted by atomic mass is 10.1. The van der Waals surface area contributed by atoms with Gasteiger partial charge in [0.05, 0.1) is 0 Å². The van der Waals surface area contributed by atoms with E-state index in [1.54, 1.807) is 0 Å². The summed E-state index contributed by atoms with van der Waals surface area (Å²) in [6.07, 6.45) is -0.287. The first-order valence-corrected chi connectivity index (χ1v) is 5.68. The number of rotatable bonds is 4. The van der Waals surface area contributed by atoms with Gasteiger partial charge in [-0.05, 0) is 18.1 Å². The summed E-state index contributed by atoms with van der Waals surface area (Å²) in [7, 11) is 0. The van der Waals surface area contributed by atoms with E-state index in [1.807, 2.05) is 26.0 Å². The summed E-state index contributed by atoms with van der Waals surface area (Å²) in [5.74, 6) is 1.93. The number of esters is 1. The van der Waals surface area contributed by atoms with Crippen LogP contribution in [0.1, 0.15) is 58.2 Å². The van der Waals surface area contributed by atoms with Crippen LogP contribution in [0.3, 0.4) is 0 Å². The summed E-state index contributed by atoms with van der Waals surface area (Å²) in [6, 6.07) is 3.84. The molecule has 0 saturated carbocycles. The average Bonchev–Trinajstić information content (AvgIpc) is 2.61. The smallest absolute Gasteiger partial charge is 0.303 e. The van der Waals surface area contributed by atoms with E-state index in [0.29, 0.717) is 5.92 Å². The van der Waals surface area contributed by atoms with Gasteiger partial charge in [0.1, 0.15) is 11.5 Å². The third kappa shape index (κ3) is 3.12. The molecule has 0 N–H and O–H groups in total. The first-order chi connectivity index (χ1) is 7.41. The molecule has 0 unspecified atom stereocenters. The molecular formula is C13H20O3. The van der Waals surface area contributed by atoms with Crippen LogP contribution < -0.4 is 0 Å². The second-order valence-corrected chi connectivity index (χ2v) is 4.67. The molecule has 1 aromatic heterocycles. The van der Waals surface area contributed by atoms with E-state index >= 15 is 0 Å². The van der Waals surface area contributed by atoms with Crippen molar-refractivity contribution in [1.29, 1.82) is 0 Å². The SMILES string of the molecule is CC(=O)O[C@H](c1ccc(C(C)C)o1)C(C)C. The minimum absolute atomic E-state index is 0.204. The van der Waals surface area contributed by atoms with Crippen molar-refractivity contribution in [3.05, 3.63) is 23.7 Å². The normalized spacial score (nSPS) is 13.2. The molecule has 0 spiro atoms. The summed E-state index contributed by atoms with van der Waals surface area (Å²) >= 11 is 0. The largest absolute Gasteiger partial charge is 0.462 e. The molecule has 0 aliphatic heterocycles. The van der Waals surface area contributed by atoms with Crippen LogP contribution in [0.2, 0.25) is 0 Å².